The molecule has 1 aromatic heterocycles. The van der Waals surface area contributed by atoms with E-state index >= 15 is 0 Å². The van der Waals surface area contributed by atoms with Crippen LogP contribution in [0.4, 0.5) is 0 Å². The van der Waals surface area contributed by atoms with Gasteiger partial charge in [0.15, 0.2) is 16.7 Å². The molecule has 4 rings (SSSR count). The zero-order valence-electron chi connectivity index (χ0n) is 21.3. The van der Waals surface area contributed by atoms with Crippen LogP contribution in [-0.2, 0) is 29.0 Å². The molecule has 3 aromatic rings. The van der Waals surface area contributed by atoms with Crippen LogP contribution in [-0.4, -0.2) is 41.4 Å². The lowest BCUT2D eigenvalue weighted by atomic mass is 9.83. The number of esters is 1. The van der Waals surface area contributed by atoms with Gasteiger partial charge in [-0.05, 0) is 36.5 Å². The smallest absolute Gasteiger partial charge is 0.326 e. The number of nitrogens with one attached hydrogen (secondary N) is 1. The Kier molecular flexibility index (Phi) is 8.21. The highest BCUT2D eigenvalue weighted by molar-refractivity contribution is 6.30. The summed E-state index contributed by atoms with van der Waals surface area (Å²) in [6, 6.07) is 16.0. The third-order valence-corrected chi connectivity index (χ3v) is 6.56. The molecule has 8 heteroatoms. The quantitative estimate of drug-likeness (QED) is 0.394. The first-order valence-corrected chi connectivity index (χ1v) is 12.7. The van der Waals surface area contributed by atoms with Crippen molar-refractivity contribution in [1.29, 1.82) is 0 Å². The monoisotopic (exact) mass is 511 g/mol. The van der Waals surface area contributed by atoms with Crippen LogP contribution in [0.3, 0.4) is 0 Å². The van der Waals surface area contributed by atoms with Crippen LogP contribution >= 0.6 is 11.6 Å². The second kappa shape index (κ2) is 11.4. The number of aromatic nitrogens is 2. The number of carbonyl (C=O) groups excluding carboxylic acids is 1. The number of hydrogen-bond donors (Lipinski definition) is 1. The van der Waals surface area contributed by atoms with Gasteiger partial charge in [-0.3, -0.25) is 4.79 Å². The summed E-state index contributed by atoms with van der Waals surface area (Å²) in [5.74, 6) is 1.89. The summed E-state index contributed by atoms with van der Waals surface area (Å²) in [7, 11) is 0. The van der Waals surface area contributed by atoms with E-state index in [1.54, 1.807) is 6.92 Å². The van der Waals surface area contributed by atoms with Crippen LogP contribution in [0.5, 0.6) is 11.5 Å². The second-order valence-corrected chi connectivity index (χ2v) is 10.3. The molecule has 0 spiro atoms. The highest BCUT2D eigenvalue weighted by atomic mass is 35.5. The summed E-state index contributed by atoms with van der Waals surface area (Å²) in [5.41, 5.74) is 2.75. The van der Waals surface area contributed by atoms with E-state index < -0.39 is 0 Å². The van der Waals surface area contributed by atoms with Crippen molar-refractivity contribution in [3.63, 3.8) is 0 Å². The average Bonchev–Trinajstić information content (AvgIpc) is 3.16. The highest BCUT2D eigenvalue weighted by Crippen LogP contribution is 2.33. The number of carbonyl (C=O) groups is 1. The number of ether oxygens (including phenoxy) is 3. The molecule has 0 radical (unpaired) electrons. The molecule has 192 valence electrons. The van der Waals surface area contributed by atoms with Gasteiger partial charge in [0.1, 0.15) is 25.6 Å². The minimum atomic E-state index is -0.325. The molecular formula is C28H34ClN3O4. The fraction of sp³-hybridized carbons (Fsp3) is 0.429. The molecule has 1 aliphatic heterocycles. The lowest BCUT2D eigenvalue weighted by Crippen LogP contribution is -2.42. The zero-order chi connectivity index (χ0) is 25.7. The molecule has 1 N–H and O–H groups in total. The molecule has 7 nitrogen and oxygen atoms in total. The first-order chi connectivity index (χ1) is 17.3. The van der Waals surface area contributed by atoms with Crippen LogP contribution in [0.2, 0.25) is 5.15 Å². The molecule has 0 aliphatic carbocycles. The summed E-state index contributed by atoms with van der Waals surface area (Å²) in [5, 5.41) is 4.06. The summed E-state index contributed by atoms with van der Waals surface area (Å²) in [6.07, 6.45) is 0.787. The van der Waals surface area contributed by atoms with Gasteiger partial charge in [-0.15, -0.1) is 0 Å². The van der Waals surface area contributed by atoms with E-state index in [1.807, 2.05) is 41.0 Å². The van der Waals surface area contributed by atoms with Gasteiger partial charge in [0.05, 0.1) is 12.3 Å². The van der Waals surface area contributed by atoms with E-state index in [1.165, 1.54) is 0 Å². The Morgan fingerprint density at radius 1 is 1.14 bits per heavy atom. The highest BCUT2D eigenvalue weighted by Gasteiger charge is 2.27. The largest absolute Gasteiger partial charge is 0.486 e. The van der Waals surface area contributed by atoms with Crippen LogP contribution in [0.15, 0.2) is 48.5 Å². The van der Waals surface area contributed by atoms with Gasteiger partial charge >= 0.3 is 5.97 Å². The topological polar surface area (TPSA) is 74.6 Å². The van der Waals surface area contributed by atoms with Gasteiger partial charge in [-0.1, -0.05) is 68.8 Å². The molecule has 0 saturated heterocycles. The molecule has 0 saturated carbocycles. The van der Waals surface area contributed by atoms with E-state index in [9.17, 15) is 4.79 Å². The number of halogens is 1. The molecular weight excluding hydrogens is 478 g/mol. The van der Waals surface area contributed by atoms with Crippen molar-refractivity contribution < 1.29 is 19.0 Å². The Balaban J connectivity index is 1.59. The maximum atomic E-state index is 12.5. The SMILES string of the molecule is CCOC(=O)Cn1c(-c2ccccc2)nc(Cl)c1CNC(Cc1ccc2c(c1)OCCO2)C(C)(C)C. The summed E-state index contributed by atoms with van der Waals surface area (Å²) in [4.78, 5) is 17.1. The molecule has 0 fully saturated rings. The van der Waals surface area contributed by atoms with Gasteiger partial charge < -0.3 is 24.1 Å². The van der Waals surface area contributed by atoms with Gasteiger partial charge in [-0.25, -0.2) is 4.98 Å². The van der Waals surface area contributed by atoms with Crippen molar-refractivity contribution in [1.82, 2.24) is 14.9 Å². The molecule has 1 unspecified atom stereocenters. The lowest BCUT2D eigenvalue weighted by Gasteiger charge is -2.32. The summed E-state index contributed by atoms with van der Waals surface area (Å²) >= 11 is 6.64. The van der Waals surface area contributed by atoms with Gasteiger partial charge in [0.2, 0.25) is 0 Å². The molecule has 1 atom stereocenters. The summed E-state index contributed by atoms with van der Waals surface area (Å²) < 4.78 is 18.5. The van der Waals surface area contributed by atoms with Crippen LogP contribution in [0, 0.1) is 5.41 Å². The van der Waals surface area contributed by atoms with Crippen LogP contribution < -0.4 is 14.8 Å². The third-order valence-electron chi connectivity index (χ3n) is 6.26. The first-order valence-electron chi connectivity index (χ1n) is 12.3. The van der Waals surface area contributed by atoms with E-state index in [0.717, 1.165) is 34.7 Å². The fourth-order valence-corrected chi connectivity index (χ4v) is 4.54. The fourth-order valence-electron chi connectivity index (χ4n) is 4.29. The van der Waals surface area contributed by atoms with Crippen LogP contribution in [0.25, 0.3) is 11.4 Å². The van der Waals surface area contributed by atoms with E-state index in [-0.39, 0.29) is 24.0 Å². The maximum Gasteiger partial charge on any atom is 0.326 e. The third kappa shape index (κ3) is 6.20. The second-order valence-electron chi connectivity index (χ2n) is 9.91. The Morgan fingerprint density at radius 2 is 1.86 bits per heavy atom. The van der Waals surface area contributed by atoms with Crippen LogP contribution in [0.1, 0.15) is 39.0 Å². The summed E-state index contributed by atoms with van der Waals surface area (Å²) in [6.45, 7) is 10.3. The lowest BCUT2D eigenvalue weighted by molar-refractivity contribution is -0.143. The van der Waals surface area contributed by atoms with E-state index in [2.05, 4.69) is 43.2 Å². The normalized spacial score (nSPS) is 13.9. The number of imidazole rings is 1. The van der Waals surface area contributed by atoms with Gasteiger partial charge in [0, 0.05) is 18.2 Å². The zero-order valence-corrected chi connectivity index (χ0v) is 22.1. The molecule has 1 aliphatic rings. The minimum Gasteiger partial charge on any atom is -0.486 e. The van der Waals surface area contributed by atoms with Crippen molar-refractivity contribution >= 4 is 17.6 Å². The number of rotatable bonds is 9. The van der Waals surface area contributed by atoms with Crippen molar-refractivity contribution in [2.45, 2.75) is 53.2 Å². The van der Waals surface area contributed by atoms with E-state index in [0.29, 0.717) is 37.3 Å². The Bertz CT molecular complexity index is 1190. The first kappa shape index (κ1) is 26.0. The Labute approximate surface area is 217 Å². The predicted octanol–water partition coefficient (Wildman–Crippen LogP) is 5.28. The minimum absolute atomic E-state index is 0.0388. The van der Waals surface area contributed by atoms with Crippen molar-refractivity contribution in [3.8, 4) is 22.9 Å². The van der Waals surface area contributed by atoms with E-state index in [4.69, 9.17) is 25.8 Å². The standard InChI is InChI=1S/C28H34ClN3O4/c1-5-34-25(33)18-32-21(26(29)31-27(32)20-9-7-6-8-10-20)17-30-24(28(2,3)4)16-19-11-12-22-23(15-19)36-14-13-35-22/h6-12,15,24,30H,5,13-14,16-18H2,1-4H3. The number of benzene rings is 2. The van der Waals surface area contributed by atoms with Crippen molar-refractivity contribution in [2.24, 2.45) is 5.41 Å². The number of nitrogens with zero attached hydrogens (tertiary/aromatic N) is 2. The average molecular weight is 512 g/mol. The Hall–Kier alpha value is -3.03. The van der Waals surface area contributed by atoms with Gasteiger partial charge in [-0.2, -0.15) is 0 Å². The van der Waals surface area contributed by atoms with Crippen molar-refractivity contribution in [3.05, 3.63) is 64.9 Å². The maximum absolute atomic E-state index is 12.5. The molecule has 0 bridgehead atoms. The number of fused-ring (bicyclic) bond motifs is 1. The molecule has 2 heterocycles. The predicted molar refractivity (Wildman–Crippen MR) is 141 cm³/mol. The van der Waals surface area contributed by atoms with Gasteiger partial charge in [0.25, 0.3) is 0 Å². The Morgan fingerprint density at radius 3 is 2.56 bits per heavy atom. The molecule has 36 heavy (non-hydrogen) atoms. The number of hydrogen-bond acceptors (Lipinski definition) is 6. The molecule has 0 amide bonds. The molecule has 2 aromatic carbocycles. The van der Waals surface area contributed by atoms with Crippen molar-refractivity contribution in [2.75, 3.05) is 19.8 Å².